The summed E-state index contributed by atoms with van der Waals surface area (Å²) < 4.78 is 1.65. The molecule has 4 aromatic rings. The van der Waals surface area contributed by atoms with Gasteiger partial charge in [0, 0.05) is 0 Å². The second-order valence-electron chi connectivity index (χ2n) is 5.90. The van der Waals surface area contributed by atoms with Crippen molar-refractivity contribution in [3.8, 4) is 0 Å². The molecule has 0 aliphatic rings. The molecule has 0 unspecified atom stereocenters. The summed E-state index contributed by atoms with van der Waals surface area (Å²) in [6.07, 6.45) is 1.63. The van der Waals surface area contributed by atoms with Crippen LogP contribution in [-0.2, 0) is 6.54 Å². The van der Waals surface area contributed by atoms with Crippen LogP contribution in [0.3, 0.4) is 0 Å². The lowest BCUT2D eigenvalue weighted by molar-refractivity contribution is 0.0933. The Morgan fingerprint density at radius 2 is 2.04 bits per heavy atom. The number of carbonyl (C=O) groups excluding carboxylic acids is 1. The fourth-order valence-corrected chi connectivity index (χ4v) is 2.77. The quantitative estimate of drug-likeness (QED) is 0.565. The fourth-order valence-electron chi connectivity index (χ4n) is 2.77. The third kappa shape index (κ3) is 3.14. The Labute approximate surface area is 148 Å². The minimum Gasteiger partial charge on any atom is -0.341 e. The highest BCUT2D eigenvalue weighted by Crippen LogP contribution is 2.19. The van der Waals surface area contributed by atoms with E-state index in [0.29, 0.717) is 12.4 Å². The van der Waals surface area contributed by atoms with E-state index in [2.05, 4.69) is 54.5 Å². The lowest BCUT2D eigenvalue weighted by Crippen LogP contribution is -2.27. The molecule has 0 saturated carbocycles. The smallest absolute Gasteiger partial charge is 0.274 e. The standard InChI is InChI=1S/C17H16N8O/c1-11(16-20-22-23-21-16)18-17(26)15-10-25(24-19-15)9-13-7-4-6-12-5-2-3-8-14(12)13/h2-8,10-11H,9H2,1H3,(H,18,26)(H,20,21,22,23)/t11-/m0/s1. The molecule has 1 atom stereocenters. The number of rotatable bonds is 5. The summed E-state index contributed by atoms with van der Waals surface area (Å²) in [5.74, 6) is 0.0629. The van der Waals surface area contributed by atoms with Crippen molar-refractivity contribution in [1.82, 2.24) is 40.9 Å². The SMILES string of the molecule is C[C@H](NC(=O)c1cn(Cc2cccc3ccccc23)nn1)c1nn[nH]n1. The first kappa shape index (κ1) is 15.9. The van der Waals surface area contributed by atoms with Crippen molar-refractivity contribution in [1.29, 1.82) is 0 Å². The third-order valence-electron chi connectivity index (χ3n) is 4.08. The highest BCUT2D eigenvalue weighted by Gasteiger charge is 2.17. The zero-order valence-electron chi connectivity index (χ0n) is 14.0. The molecule has 0 aliphatic heterocycles. The van der Waals surface area contributed by atoms with Crippen LogP contribution in [0.1, 0.15) is 34.8 Å². The summed E-state index contributed by atoms with van der Waals surface area (Å²) in [5, 5.41) is 26.6. The molecule has 1 amide bonds. The van der Waals surface area contributed by atoms with Gasteiger partial charge in [-0.2, -0.15) is 5.21 Å². The lowest BCUT2D eigenvalue weighted by Gasteiger charge is -2.07. The van der Waals surface area contributed by atoms with Gasteiger partial charge in [-0.05, 0) is 23.3 Å². The van der Waals surface area contributed by atoms with Gasteiger partial charge in [0.05, 0.1) is 18.8 Å². The molecule has 9 nitrogen and oxygen atoms in total. The normalized spacial score (nSPS) is 12.2. The molecule has 26 heavy (non-hydrogen) atoms. The van der Waals surface area contributed by atoms with Crippen molar-refractivity contribution in [2.45, 2.75) is 19.5 Å². The largest absolute Gasteiger partial charge is 0.341 e. The minimum absolute atomic E-state index is 0.237. The first-order valence-electron chi connectivity index (χ1n) is 8.11. The van der Waals surface area contributed by atoms with E-state index in [9.17, 15) is 4.79 Å². The monoisotopic (exact) mass is 348 g/mol. The molecule has 9 heteroatoms. The average Bonchev–Trinajstić information content (AvgIpc) is 3.34. The van der Waals surface area contributed by atoms with Crippen LogP contribution in [0.5, 0.6) is 0 Å². The van der Waals surface area contributed by atoms with Gasteiger partial charge >= 0.3 is 0 Å². The molecular weight excluding hydrogens is 332 g/mol. The molecule has 0 fully saturated rings. The molecule has 0 bridgehead atoms. The van der Waals surface area contributed by atoms with E-state index in [1.165, 1.54) is 0 Å². The Hall–Kier alpha value is -3.62. The van der Waals surface area contributed by atoms with Crippen LogP contribution < -0.4 is 5.32 Å². The number of nitrogens with zero attached hydrogens (tertiary/aromatic N) is 6. The van der Waals surface area contributed by atoms with Gasteiger partial charge in [0.1, 0.15) is 0 Å². The van der Waals surface area contributed by atoms with Gasteiger partial charge in [0.2, 0.25) is 0 Å². The summed E-state index contributed by atoms with van der Waals surface area (Å²) in [7, 11) is 0. The number of carbonyl (C=O) groups is 1. The number of amides is 1. The molecule has 2 aromatic carbocycles. The molecular formula is C17H16N8O. The number of tetrazole rings is 1. The molecule has 130 valence electrons. The van der Waals surface area contributed by atoms with E-state index in [0.717, 1.165) is 16.3 Å². The zero-order chi connectivity index (χ0) is 17.9. The number of fused-ring (bicyclic) bond motifs is 1. The second-order valence-corrected chi connectivity index (χ2v) is 5.90. The van der Waals surface area contributed by atoms with E-state index in [-0.39, 0.29) is 17.6 Å². The van der Waals surface area contributed by atoms with Gasteiger partial charge in [-0.25, -0.2) is 4.68 Å². The van der Waals surface area contributed by atoms with Crippen LogP contribution in [0.4, 0.5) is 0 Å². The second kappa shape index (κ2) is 6.71. The van der Waals surface area contributed by atoms with Crippen LogP contribution in [0.15, 0.2) is 48.7 Å². The van der Waals surface area contributed by atoms with E-state index in [1.54, 1.807) is 17.8 Å². The molecule has 4 rings (SSSR count). The van der Waals surface area contributed by atoms with Gasteiger partial charge in [-0.3, -0.25) is 4.79 Å². The number of hydrogen-bond acceptors (Lipinski definition) is 6. The van der Waals surface area contributed by atoms with Crippen LogP contribution in [0, 0.1) is 0 Å². The molecule has 2 aromatic heterocycles. The molecule has 2 N–H and O–H groups in total. The first-order valence-corrected chi connectivity index (χ1v) is 8.11. The fraction of sp³-hybridized carbons (Fsp3) is 0.176. The van der Waals surface area contributed by atoms with Crippen molar-refractivity contribution < 1.29 is 4.79 Å². The Morgan fingerprint density at radius 1 is 1.19 bits per heavy atom. The van der Waals surface area contributed by atoms with E-state index >= 15 is 0 Å². The van der Waals surface area contributed by atoms with Crippen molar-refractivity contribution in [3.05, 3.63) is 65.7 Å². The van der Waals surface area contributed by atoms with Gasteiger partial charge in [0.25, 0.3) is 5.91 Å². The molecule has 0 saturated heterocycles. The number of benzene rings is 2. The maximum Gasteiger partial charge on any atom is 0.274 e. The van der Waals surface area contributed by atoms with Crippen molar-refractivity contribution in [2.75, 3.05) is 0 Å². The third-order valence-corrected chi connectivity index (χ3v) is 4.08. The topological polar surface area (TPSA) is 114 Å². The summed E-state index contributed by atoms with van der Waals surface area (Å²) in [6, 6.07) is 13.9. The maximum atomic E-state index is 12.3. The van der Waals surface area contributed by atoms with E-state index in [4.69, 9.17) is 0 Å². The van der Waals surface area contributed by atoms with Crippen molar-refractivity contribution in [2.24, 2.45) is 0 Å². The summed E-state index contributed by atoms with van der Waals surface area (Å²) in [5.41, 5.74) is 1.35. The predicted molar refractivity (Wildman–Crippen MR) is 93.1 cm³/mol. The van der Waals surface area contributed by atoms with E-state index < -0.39 is 0 Å². The Balaban J connectivity index is 1.50. The van der Waals surface area contributed by atoms with Crippen LogP contribution >= 0.6 is 0 Å². The Kier molecular flexibility index (Phi) is 4.10. The van der Waals surface area contributed by atoms with Crippen molar-refractivity contribution in [3.63, 3.8) is 0 Å². The highest BCUT2D eigenvalue weighted by molar-refractivity contribution is 5.92. The van der Waals surface area contributed by atoms with Gasteiger partial charge in [-0.1, -0.05) is 52.9 Å². The average molecular weight is 348 g/mol. The molecule has 0 aliphatic carbocycles. The highest BCUT2D eigenvalue weighted by atomic mass is 16.2. The number of aromatic nitrogens is 7. The van der Waals surface area contributed by atoms with E-state index in [1.807, 2.05) is 24.3 Å². The lowest BCUT2D eigenvalue weighted by atomic mass is 10.0. The Bertz CT molecular complexity index is 1030. The summed E-state index contributed by atoms with van der Waals surface area (Å²) >= 11 is 0. The van der Waals surface area contributed by atoms with Gasteiger partial charge in [0.15, 0.2) is 11.5 Å². The first-order chi connectivity index (χ1) is 12.7. The van der Waals surface area contributed by atoms with Crippen LogP contribution in [-0.4, -0.2) is 41.5 Å². The van der Waals surface area contributed by atoms with Gasteiger partial charge < -0.3 is 5.32 Å². The minimum atomic E-state index is -0.385. The number of H-pyrrole nitrogens is 1. The number of nitrogens with one attached hydrogen (secondary N) is 2. The zero-order valence-corrected chi connectivity index (χ0v) is 14.0. The summed E-state index contributed by atoms with van der Waals surface area (Å²) in [6.45, 7) is 2.30. The number of hydrogen-bond donors (Lipinski definition) is 2. The maximum absolute atomic E-state index is 12.3. The van der Waals surface area contributed by atoms with Gasteiger partial charge in [-0.15, -0.1) is 15.3 Å². The summed E-state index contributed by atoms with van der Waals surface area (Å²) in [4.78, 5) is 12.3. The molecule has 0 radical (unpaired) electrons. The van der Waals surface area contributed by atoms with Crippen LogP contribution in [0.2, 0.25) is 0 Å². The Morgan fingerprint density at radius 3 is 2.88 bits per heavy atom. The number of aromatic amines is 1. The predicted octanol–water partition coefficient (Wildman–Crippen LogP) is 1.48. The molecule has 2 heterocycles. The van der Waals surface area contributed by atoms with Crippen LogP contribution in [0.25, 0.3) is 10.8 Å². The molecule has 0 spiro atoms. The van der Waals surface area contributed by atoms with Crippen molar-refractivity contribution >= 4 is 16.7 Å².